The van der Waals surface area contributed by atoms with Gasteiger partial charge in [0.1, 0.15) is 5.78 Å². The van der Waals surface area contributed by atoms with Crippen molar-refractivity contribution < 1.29 is 19.3 Å². The minimum atomic E-state index is -0.698. The molecule has 0 spiro atoms. The third kappa shape index (κ3) is 1.99. The van der Waals surface area contributed by atoms with Crippen molar-refractivity contribution in [2.75, 3.05) is 4.90 Å². The van der Waals surface area contributed by atoms with Crippen LogP contribution >= 0.6 is 0 Å². The van der Waals surface area contributed by atoms with Crippen LogP contribution in [0.25, 0.3) is 10.8 Å². The maximum absolute atomic E-state index is 13.1. The summed E-state index contributed by atoms with van der Waals surface area (Å²) in [6.45, 7) is 0. The quantitative estimate of drug-likeness (QED) is 0.465. The minimum absolute atomic E-state index is 0.0292. The standard InChI is InChI=1S/C20H14N2O5/c23-16-9-10-5-6-13(16)18-17(10)19(24)21(20(18)25)14-7-8-15(22(26)27)12-4-2-1-3-11(12)14/h1-4,7-8,13,18H,5-6,9H2. The molecular formula is C20H14N2O5. The van der Waals surface area contributed by atoms with Crippen LogP contribution in [0.1, 0.15) is 19.3 Å². The Morgan fingerprint density at radius 1 is 1.04 bits per heavy atom. The number of nitro groups is 1. The Morgan fingerprint density at radius 3 is 2.48 bits per heavy atom. The number of amides is 2. The Morgan fingerprint density at radius 2 is 1.78 bits per heavy atom. The van der Waals surface area contributed by atoms with Gasteiger partial charge in [-0.05, 0) is 25.0 Å². The zero-order valence-corrected chi connectivity index (χ0v) is 14.2. The van der Waals surface area contributed by atoms with E-state index in [4.69, 9.17) is 0 Å². The lowest BCUT2D eigenvalue weighted by Crippen LogP contribution is -2.38. The number of allylic oxidation sites excluding steroid dienone is 1. The average molecular weight is 362 g/mol. The van der Waals surface area contributed by atoms with Gasteiger partial charge in [-0.2, -0.15) is 0 Å². The SMILES string of the molecule is O=C1CC2=C3C(=O)N(c4ccc([N+](=O)[O-])c5ccccc45)C(=O)C3C1CC2. The summed E-state index contributed by atoms with van der Waals surface area (Å²) in [7, 11) is 0. The highest BCUT2D eigenvalue weighted by Gasteiger charge is 2.55. The fourth-order valence-corrected chi connectivity index (χ4v) is 4.71. The monoisotopic (exact) mass is 362 g/mol. The number of non-ortho nitro benzene ring substituents is 1. The first kappa shape index (κ1) is 15.9. The zero-order chi connectivity index (χ0) is 18.9. The summed E-state index contributed by atoms with van der Waals surface area (Å²) in [5.41, 5.74) is 1.50. The second kappa shape index (κ2) is 5.33. The summed E-state index contributed by atoms with van der Waals surface area (Å²) in [6, 6.07) is 9.42. The molecule has 7 nitrogen and oxygen atoms in total. The topological polar surface area (TPSA) is 97.6 Å². The Labute approximate surface area is 153 Å². The number of nitro benzene ring substituents is 1. The summed E-state index contributed by atoms with van der Waals surface area (Å²) in [6.07, 6.45) is 1.54. The van der Waals surface area contributed by atoms with Crippen LogP contribution < -0.4 is 4.90 Å². The molecule has 2 fully saturated rings. The van der Waals surface area contributed by atoms with Crippen LogP contribution in [-0.2, 0) is 14.4 Å². The van der Waals surface area contributed by atoms with Crippen molar-refractivity contribution >= 4 is 39.7 Å². The molecule has 2 bridgehead atoms. The van der Waals surface area contributed by atoms with Gasteiger partial charge in [-0.25, -0.2) is 4.90 Å². The van der Waals surface area contributed by atoms with Crippen LogP contribution in [0.4, 0.5) is 11.4 Å². The summed E-state index contributed by atoms with van der Waals surface area (Å²) >= 11 is 0. The molecule has 4 aliphatic rings. The predicted octanol–water partition coefficient (Wildman–Crippen LogP) is 2.92. The second-order valence-electron chi connectivity index (χ2n) is 7.17. The molecule has 134 valence electrons. The molecule has 3 aliphatic carbocycles. The van der Waals surface area contributed by atoms with Gasteiger partial charge in [-0.1, -0.05) is 23.8 Å². The lowest BCUT2D eigenvalue weighted by molar-refractivity contribution is -0.383. The molecule has 0 aromatic heterocycles. The van der Waals surface area contributed by atoms with E-state index >= 15 is 0 Å². The first-order valence-electron chi connectivity index (χ1n) is 8.78. The van der Waals surface area contributed by atoms with Crippen molar-refractivity contribution in [3.63, 3.8) is 0 Å². The highest BCUT2D eigenvalue weighted by molar-refractivity contribution is 6.33. The van der Waals surface area contributed by atoms with E-state index in [2.05, 4.69) is 0 Å². The Hall–Kier alpha value is -3.35. The number of ketones is 1. The summed E-state index contributed by atoms with van der Waals surface area (Å²) < 4.78 is 0. The fourth-order valence-electron chi connectivity index (χ4n) is 4.71. The van der Waals surface area contributed by atoms with Crippen molar-refractivity contribution in [2.24, 2.45) is 11.8 Å². The summed E-state index contributed by atoms with van der Waals surface area (Å²) in [5.74, 6) is -1.89. The second-order valence-corrected chi connectivity index (χ2v) is 7.17. The van der Waals surface area contributed by atoms with Gasteiger partial charge in [0.15, 0.2) is 0 Å². The molecule has 1 aliphatic heterocycles. The number of benzene rings is 2. The van der Waals surface area contributed by atoms with Crippen LogP contribution in [0, 0.1) is 22.0 Å². The molecule has 2 amide bonds. The van der Waals surface area contributed by atoms with Crippen molar-refractivity contribution in [1.82, 2.24) is 0 Å². The molecule has 0 N–H and O–H groups in total. The van der Waals surface area contributed by atoms with Crippen LogP contribution in [-0.4, -0.2) is 22.5 Å². The number of anilines is 1. The number of hydrogen-bond donors (Lipinski definition) is 0. The van der Waals surface area contributed by atoms with E-state index < -0.39 is 28.6 Å². The highest BCUT2D eigenvalue weighted by atomic mass is 16.6. The lowest BCUT2D eigenvalue weighted by atomic mass is 9.67. The van der Waals surface area contributed by atoms with Gasteiger partial charge in [0.05, 0.1) is 21.9 Å². The largest absolute Gasteiger partial charge is 0.299 e. The molecule has 27 heavy (non-hydrogen) atoms. The molecule has 1 saturated carbocycles. The normalized spacial score (nSPS) is 24.1. The van der Waals surface area contributed by atoms with Gasteiger partial charge >= 0.3 is 0 Å². The van der Waals surface area contributed by atoms with Gasteiger partial charge in [0.2, 0.25) is 5.91 Å². The molecular weight excluding hydrogens is 348 g/mol. The molecule has 1 saturated heterocycles. The first-order chi connectivity index (χ1) is 13.0. The number of hydrogen-bond acceptors (Lipinski definition) is 5. The van der Waals surface area contributed by atoms with E-state index in [9.17, 15) is 24.5 Å². The van der Waals surface area contributed by atoms with Gasteiger partial charge in [0.25, 0.3) is 11.6 Å². The predicted molar refractivity (Wildman–Crippen MR) is 96.0 cm³/mol. The molecule has 1 heterocycles. The van der Waals surface area contributed by atoms with Gasteiger partial charge in [-0.3, -0.25) is 24.5 Å². The van der Waals surface area contributed by atoms with Crippen molar-refractivity contribution in [3.05, 3.63) is 57.7 Å². The van der Waals surface area contributed by atoms with E-state index in [0.29, 0.717) is 34.9 Å². The highest BCUT2D eigenvalue weighted by Crippen LogP contribution is 2.49. The van der Waals surface area contributed by atoms with Gasteiger partial charge in [-0.15, -0.1) is 0 Å². The number of imide groups is 1. The molecule has 2 aromatic carbocycles. The minimum Gasteiger partial charge on any atom is -0.299 e. The van der Waals surface area contributed by atoms with Gasteiger partial charge < -0.3 is 0 Å². The smallest absolute Gasteiger partial charge is 0.277 e. The summed E-state index contributed by atoms with van der Waals surface area (Å²) in [4.78, 5) is 50.4. The van der Waals surface area contributed by atoms with E-state index in [-0.39, 0.29) is 17.9 Å². The van der Waals surface area contributed by atoms with Crippen LogP contribution in [0.5, 0.6) is 0 Å². The maximum atomic E-state index is 13.1. The van der Waals surface area contributed by atoms with Crippen molar-refractivity contribution in [3.8, 4) is 0 Å². The number of carbonyl (C=O) groups is 3. The lowest BCUT2D eigenvalue weighted by Gasteiger charge is -2.33. The number of fused-ring (bicyclic) bond motifs is 3. The number of rotatable bonds is 2. The van der Waals surface area contributed by atoms with E-state index in [1.165, 1.54) is 12.1 Å². The molecule has 2 aromatic rings. The molecule has 7 heteroatoms. The molecule has 2 atom stereocenters. The van der Waals surface area contributed by atoms with Crippen LogP contribution in [0.15, 0.2) is 47.5 Å². The Bertz CT molecular complexity index is 1120. The average Bonchev–Trinajstić information content (AvgIpc) is 2.93. The van der Waals surface area contributed by atoms with Crippen molar-refractivity contribution in [2.45, 2.75) is 19.3 Å². The first-order valence-corrected chi connectivity index (χ1v) is 8.78. The number of Topliss-reactive ketones (excluding diaryl/α,β-unsaturated/α-hetero) is 1. The molecule has 2 unspecified atom stereocenters. The Kier molecular flexibility index (Phi) is 3.13. The number of nitrogens with zero attached hydrogens (tertiary/aromatic N) is 2. The zero-order valence-electron chi connectivity index (χ0n) is 14.2. The maximum Gasteiger partial charge on any atom is 0.277 e. The van der Waals surface area contributed by atoms with E-state index in [1.54, 1.807) is 24.3 Å². The number of carbonyl (C=O) groups excluding carboxylic acids is 3. The molecule has 0 radical (unpaired) electrons. The van der Waals surface area contributed by atoms with E-state index in [0.717, 1.165) is 10.5 Å². The van der Waals surface area contributed by atoms with E-state index in [1.807, 2.05) is 0 Å². The third-order valence-corrected chi connectivity index (χ3v) is 5.89. The Balaban J connectivity index is 1.71. The fraction of sp³-hybridized carbons (Fsp3) is 0.250. The van der Waals surface area contributed by atoms with Crippen LogP contribution in [0.2, 0.25) is 0 Å². The third-order valence-electron chi connectivity index (χ3n) is 5.89. The van der Waals surface area contributed by atoms with Crippen LogP contribution in [0.3, 0.4) is 0 Å². The van der Waals surface area contributed by atoms with Gasteiger partial charge in [0, 0.05) is 29.4 Å². The molecule has 6 rings (SSSR count). The summed E-state index contributed by atoms with van der Waals surface area (Å²) in [5, 5.41) is 12.2. The van der Waals surface area contributed by atoms with Crippen molar-refractivity contribution in [1.29, 1.82) is 0 Å².